The summed E-state index contributed by atoms with van der Waals surface area (Å²) in [5.74, 6) is -0.297. The lowest BCUT2D eigenvalue weighted by atomic mass is 10.2. The SMILES string of the molecule is CNC(=O)NCc1cn(Cc2cc(Br)ccc2F)nn1. The molecule has 106 valence electrons. The standard InChI is InChI=1S/C12H13BrFN5O/c1-15-12(20)16-5-10-7-19(18-17-10)6-8-4-9(13)2-3-11(8)14/h2-4,7H,5-6H2,1H3,(H2,15,16,20). The van der Waals surface area contributed by atoms with E-state index in [1.807, 2.05) is 0 Å². The molecule has 2 N–H and O–H groups in total. The summed E-state index contributed by atoms with van der Waals surface area (Å²) < 4.78 is 15.9. The Morgan fingerprint density at radius 1 is 1.50 bits per heavy atom. The highest BCUT2D eigenvalue weighted by atomic mass is 79.9. The van der Waals surface area contributed by atoms with Crippen LogP contribution in [0.3, 0.4) is 0 Å². The number of hydrogen-bond acceptors (Lipinski definition) is 3. The molecule has 20 heavy (non-hydrogen) atoms. The number of urea groups is 1. The molecule has 0 saturated carbocycles. The van der Waals surface area contributed by atoms with E-state index >= 15 is 0 Å². The first-order valence-electron chi connectivity index (χ1n) is 5.87. The van der Waals surface area contributed by atoms with Crippen LogP contribution in [0.1, 0.15) is 11.3 Å². The minimum absolute atomic E-state index is 0.265. The van der Waals surface area contributed by atoms with Crippen molar-refractivity contribution in [2.45, 2.75) is 13.1 Å². The van der Waals surface area contributed by atoms with Crippen LogP contribution in [0, 0.1) is 5.82 Å². The number of nitrogens with one attached hydrogen (secondary N) is 2. The molecular weight excluding hydrogens is 329 g/mol. The molecule has 0 aliphatic carbocycles. The third kappa shape index (κ3) is 3.77. The smallest absolute Gasteiger partial charge is 0.314 e. The molecular formula is C12H13BrFN5O. The number of hydrogen-bond donors (Lipinski definition) is 2. The van der Waals surface area contributed by atoms with Gasteiger partial charge in [0.2, 0.25) is 0 Å². The van der Waals surface area contributed by atoms with Gasteiger partial charge in [-0.25, -0.2) is 13.9 Å². The van der Waals surface area contributed by atoms with Gasteiger partial charge < -0.3 is 10.6 Å². The second-order valence-corrected chi connectivity index (χ2v) is 4.99. The molecule has 1 heterocycles. The summed E-state index contributed by atoms with van der Waals surface area (Å²) in [7, 11) is 1.53. The number of rotatable bonds is 4. The number of carbonyl (C=O) groups excluding carboxylic acids is 1. The Labute approximate surface area is 123 Å². The lowest BCUT2D eigenvalue weighted by Gasteiger charge is -2.03. The van der Waals surface area contributed by atoms with E-state index in [0.717, 1.165) is 4.47 Å². The van der Waals surface area contributed by atoms with Gasteiger partial charge in [-0.15, -0.1) is 5.10 Å². The number of benzene rings is 1. The monoisotopic (exact) mass is 341 g/mol. The Hall–Kier alpha value is -1.96. The molecule has 0 fully saturated rings. The Bertz CT molecular complexity index is 616. The molecule has 2 amide bonds. The molecule has 6 nitrogen and oxygen atoms in total. The average Bonchev–Trinajstić information content (AvgIpc) is 2.88. The summed E-state index contributed by atoms with van der Waals surface area (Å²) >= 11 is 3.30. The summed E-state index contributed by atoms with van der Waals surface area (Å²) in [6.45, 7) is 0.541. The maximum absolute atomic E-state index is 13.6. The zero-order chi connectivity index (χ0) is 14.5. The van der Waals surface area contributed by atoms with Crippen LogP contribution in [0.15, 0.2) is 28.9 Å². The number of carbonyl (C=O) groups is 1. The van der Waals surface area contributed by atoms with Gasteiger partial charge in [-0.2, -0.15) is 0 Å². The molecule has 0 spiro atoms. The van der Waals surface area contributed by atoms with Crippen LogP contribution in [-0.2, 0) is 13.1 Å². The van der Waals surface area contributed by atoms with Gasteiger partial charge in [0, 0.05) is 17.1 Å². The Balaban J connectivity index is 2.02. The minimum atomic E-state index is -0.297. The molecule has 0 unspecified atom stereocenters. The first kappa shape index (κ1) is 14.4. The Morgan fingerprint density at radius 2 is 2.30 bits per heavy atom. The summed E-state index contributed by atoms with van der Waals surface area (Å²) in [6, 6.07) is 4.43. The normalized spacial score (nSPS) is 10.3. The molecule has 1 aromatic heterocycles. The molecule has 0 atom stereocenters. The lowest BCUT2D eigenvalue weighted by Crippen LogP contribution is -2.32. The van der Waals surface area contributed by atoms with Gasteiger partial charge in [0.05, 0.1) is 19.3 Å². The van der Waals surface area contributed by atoms with Crippen molar-refractivity contribution in [2.24, 2.45) is 0 Å². The molecule has 0 bridgehead atoms. The molecule has 1 aromatic carbocycles. The van der Waals surface area contributed by atoms with Crippen LogP contribution >= 0.6 is 15.9 Å². The van der Waals surface area contributed by atoms with Crippen LogP contribution in [0.4, 0.5) is 9.18 Å². The summed E-state index contributed by atoms with van der Waals surface area (Å²) in [5.41, 5.74) is 1.11. The summed E-state index contributed by atoms with van der Waals surface area (Å²) in [5, 5.41) is 12.8. The maximum atomic E-state index is 13.6. The molecule has 0 saturated heterocycles. The highest BCUT2D eigenvalue weighted by Gasteiger charge is 2.07. The first-order valence-corrected chi connectivity index (χ1v) is 6.66. The van der Waals surface area contributed by atoms with E-state index in [0.29, 0.717) is 11.3 Å². The summed E-state index contributed by atoms with van der Waals surface area (Å²) in [6.07, 6.45) is 1.66. The fourth-order valence-electron chi connectivity index (χ4n) is 1.60. The fourth-order valence-corrected chi connectivity index (χ4v) is 2.00. The molecule has 0 aliphatic heterocycles. The van der Waals surface area contributed by atoms with E-state index in [1.54, 1.807) is 18.3 Å². The quantitative estimate of drug-likeness (QED) is 0.888. The van der Waals surface area contributed by atoms with Crippen molar-refractivity contribution in [3.63, 3.8) is 0 Å². The van der Waals surface area contributed by atoms with Crippen molar-refractivity contribution < 1.29 is 9.18 Å². The average molecular weight is 342 g/mol. The van der Waals surface area contributed by atoms with E-state index in [2.05, 4.69) is 36.9 Å². The molecule has 0 aliphatic rings. The van der Waals surface area contributed by atoms with Crippen LogP contribution in [0.5, 0.6) is 0 Å². The zero-order valence-electron chi connectivity index (χ0n) is 10.7. The van der Waals surface area contributed by atoms with Gasteiger partial charge in [-0.05, 0) is 18.2 Å². The van der Waals surface area contributed by atoms with Crippen molar-refractivity contribution >= 4 is 22.0 Å². The van der Waals surface area contributed by atoms with Crippen molar-refractivity contribution in [2.75, 3.05) is 7.05 Å². The number of nitrogens with zero attached hydrogens (tertiary/aromatic N) is 3. The van der Waals surface area contributed by atoms with Gasteiger partial charge in [0.1, 0.15) is 11.5 Å². The number of amides is 2. The van der Waals surface area contributed by atoms with Crippen molar-refractivity contribution in [1.29, 1.82) is 0 Å². The fraction of sp³-hybridized carbons (Fsp3) is 0.250. The van der Waals surface area contributed by atoms with Gasteiger partial charge in [-0.1, -0.05) is 21.1 Å². The maximum Gasteiger partial charge on any atom is 0.314 e. The van der Waals surface area contributed by atoms with Gasteiger partial charge in [0.25, 0.3) is 0 Å². The van der Waals surface area contributed by atoms with E-state index in [9.17, 15) is 9.18 Å². The van der Waals surface area contributed by atoms with E-state index < -0.39 is 0 Å². The van der Waals surface area contributed by atoms with Crippen LogP contribution in [0.25, 0.3) is 0 Å². The largest absolute Gasteiger partial charge is 0.341 e. The second-order valence-electron chi connectivity index (χ2n) is 4.08. The second kappa shape index (κ2) is 6.47. The highest BCUT2D eigenvalue weighted by Crippen LogP contribution is 2.16. The van der Waals surface area contributed by atoms with Crippen molar-refractivity contribution in [1.82, 2.24) is 25.6 Å². The predicted molar refractivity (Wildman–Crippen MR) is 74.5 cm³/mol. The highest BCUT2D eigenvalue weighted by molar-refractivity contribution is 9.10. The predicted octanol–water partition coefficient (Wildman–Crippen LogP) is 1.66. The van der Waals surface area contributed by atoms with Crippen LogP contribution < -0.4 is 10.6 Å². The van der Waals surface area contributed by atoms with Crippen molar-refractivity contribution in [3.8, 4) is 0 Å². The topological polar surface area (TPSA) is 71.8 Å². The van der Waals surface area contributed by atoms with E-state index in [1.165, 1.54) is 17.8 Å². The number of halogens is 2. The van der Waals surface area contributed by atoms with E-state index in [4.69, 9.17) is 0 Å². The molecule has 2 rings (SSSR count). The summed E-state index contributed by atoms with van der Waals surface area (Å²) in [4.78, 5) is 11.0. The zero-order valence-corrected chi connectivity index (χ0v) is 12.3. The van der Waals surface area contributed by atoms with Gasteiger partial charge >= 0.3 is 6.03 Å². The van der Waals surface area contributed by atoms with Crippen LogP contribution in [0.2, 0.25) is 0 Å². The van der Waals surface area contributed by atoms with Crippen LogP contribution in [-0.4, -0.2) is 28.1 Å². The first-order chi connectivity index (χ1) is 9.58. The number of aromatic nitrogens is 3. The Morgan fingerprint density at radius 3 is 3.05 bits per heavy atom. The third-order valence-electron chi connectivity index (χ3n) is 2.58. The third-order valence-corrected chi connectivity index (χ3v) is 3.08. The van der Waals surface area contributed by atoms with Crippen molar-refractivity contribution in [3.05, 3.63) is 45.9 Å². The lowest BCUT2D eigenvalue weighted by molar-refractivity contribution is 0.242. The van der Waals surface area contributed by atoms with Gasteiger partial charge in [-0.3, -0.25) is 0 Å². The molecule has 0 radical (unpaired) electrons. The van der Waals surface area contributed by atoms with E-state index in [-0.39, 0.29) is 24.9 Å². The Kier molecular flexibility index (Phi) is 4.67. The van der Waals surface area contributed by atoms with Gasteiger partial charge in [0.15, 0.2) is 0 Å². The molecule has 2 aromatic rings. The molecule has 8 heteroatoms. The minimum Gasteiger partial charge on any atom is -0.341 e.